The van der Waals surface area contributed by atoms with Crippen molar-refractivity contribution in [2.24, 2.45) is 5.14 Å². The van der Waals surface area contributed by atoms with Gasteiger partial charge < -0.3 is 5.32 Å². The number of rotatable bonds is 5. The van der Waals surface area contributed by atoms with Crippen LogP contribution in [0.1, 0.15) is 17.2 Å². The highest BCUT2D eigenvalue weighted by atomic mass is 35.5. The molecule has 0 fully saturated rings. The molecule has 0 saturated heterocycles. The van der Waals surface area contributed by atoms with E-state index in [9.17, 15) is 16.8 Å². The number of nitrogens with two attached hydrogens (primary N) is 1. The van der Waals surface area contributed by atoms with Crippen molar-refractivity contribution in [1.82, 2.24) is 10.0 Å². The third-order valence-corrected chi connectivity index (χ3v) is 6.47. The molecule has 0 spiro atoms. The summed E-state index contributed by atoms with van der Waals surface area (Å²) in [6.45, 7) is 0.934. The molecule has 1 aliphatic heterocycles. The second kappa shape index (κ2) is 8.03. The Balaban J connectivity index is 0.00000243. The summed E-state index contributed by atoms with van der Waals surface area (Å²) in [5.74, 6) is 0. The van der Waals surface area contributed by atoms with E-state index in [-0.39, 0.29) is 34.8 Å². The summed E-state index contributed by atoms with van der Waals surface area (Å²) in [7, 11) is -7.82. The van der Waals surface area contributed by atoms with Crippen molar-refractivity contribution in [2.45, 2.75) is 22.3 Å². The molecule has 10 heteroatoms. The molecule has 1 unspecified atom stereocenters. The van der Waals surface area contributed by atoms with Gasteiger partial charge in [-0.15, -0.1) is 12.4 Å². The van der Waals surface area contributed by atoms with Gasteiger partial charge in [-0.1, -0.05) is 30.3 Å². The maximum Gasteiger partial charge on any atom is 0.240 e. The van der Waals surface area contributed by atoms with Crippen molar-refractivity contribution >= 4 is 32.5 Å². The minimum Gasteiger partial charge on any atom is -0.308 e. The highest BCUT2D eigenvalue weighted by molar-refractivity contribution is 7.90. The van der Waals surface area contributed by atoms with Crippen LogP contribution in [0.5, 0.6) is 0 Å². The summed E-state index contributed by atoms with van der Waals surface area (Å²) >= 11 is 0. The van der Waals surface area contributed by atoms with Crippen LogP contribution >= 0.6 is 12.4 Å². The Morgan fingerprint density at radius 1 is 1.04 bits per heavy atom. The van der Waals surface area contributed by atoms with Crippen LogP contribution in [0, 0.1) is 0 Å². The molecule has 7 nitrogen and oxygen atoms in total. The minimum absolute atomic E-state index is 0. The lowest BCUT2D eigenvalue weighted by Crippen LogP contribution is -2.38. The predicted molar refractivity (Wildman–Crippen MR) is 101 cm³/mol. The molecule has 2 aromatic rings. The predicted octanol–water partition coefficient (Wildman–Crippen LogP) is 0.921. The second-order valence-electron chi connectivity index (χ2n) is 5.83. The average molecular weight is 418 g/mol. The molecule has 0 aliphatic carbocycles. The van der Waals surface area contributed by atoms with Gasteiger partial charge in [0.2, 0.25) is 20.0 Å². The molecule has 1 atom stereocenters. The highest BCUT2D eigenvalue weighted by Gasteiger charge is 2.23. The molecule has 26 heavy (non-hydrogen) atoms. The van der Waals surface area contributed by atoms with Crippen molar-refractivity contribution in [3.8, 4) is 0 Å². The summed E-state index contributed by atoms with van der Waals surface area (Å²) in [6, 6.07) is 12.7. The van der Waals surface area contributed by atoms with Crippen LogP contribution in [0.15, 0.2) is 58.3 Å². The van der Waals surface area contributed by atoms with Gasteiger partial charge in [0, 0.05) is 12.6 Å². The molecule has 1 heterocycles. The van der Waals surface area contributed by atoms with Crippen molar-refractivity contribution in [3.05, 3.63) is 59.7 Å². The first kappa shape index (κ1) is 20.8. The van der Waals surface area contributed by atoms with Gasteiger partial charge in [-0.2, -0.15) is 0 Å². The summed E-state index contributed by atoms with van der Waals surface area (Å²) in [4.78, 5) is -0.375. The first-order valence-corrected chi connectivity index (χ1v) is 10.7. The Labute approximate surface area is 159 Å². The van der Waals surface area contributed by atoms with E-state index in [1.54, 1.807) is 0 Å². The first-order valence-electron chi connectivity index (χ1n) is 7.71. The Morgan fingerprint density at radius 2 is 1.73 bits per heavy atom. The zero-order valence-corrected chi connectivity index (χ0v) is 16.2. The largest absolute Gasteiger partial charge is 0.308 e. The molecule has 3 rings (SSSR count). The van der Waals surface area contributed by atoms with Gasteiger partial charge in [-0.25, -0.2) is 26.7 Å². The number of sulfonamides is 2. The van der Waals surface area contributed by atoms with Crippen LogP contribution in [0.3, 0.4) is 0 Å². The van der Waals surface area contributed by atoms with Crippen molar-refractivity contribution in [1.29, 1.82) is 0 Å². The van der Waals surface area contributed by atoms with E-state index in [0.717, 1.165) is 24.6 Å². The van der Waals surface area contributed by atoms with E-state index in [1.807, 2.05) is 24.3 Å². The van der Waals surface area contributed by atoms with Gasteiger partial charge >= 0.3 is 0 Å². The average Bonchev–Trinajstić information content (AvgIpc) is 2.59. The van der Waals surface area contributed by atoms with Crippen LogP contribution in [-0.4, -0.2) is 29.9 Å². The molecular formula is C16H20ClN3O4S2. The third kappa shape index (κ3) is 4.61. The fourth-order valence-electron chi connectivity index (χ4n) is 2.87. The van der Waals surface area contributed by atoms with Crippen molar-refractivity contribution < 1.29 is 16.8 Å². The Hall–Kier alpha value is -1.49. The van der Waals surface area contributed by atoms with E-state index >= 15 is 0 Å². The summed E-state index contributed by atoms with van der Waals surface area (Å²) in [6.07, 6.45) is 0.899. The summed E-state index contributed by atoms with van der Waals surface area (Å²) < 4.78 is 50.3. The maximum absolute atomic E-state index is 12.5. The summed E-state index contributed by atoms with van der Waals surface area (Å²) in [5, 5.41) is 8.35. The molecule has 0 amide bonds. The van der Waals surface area contributed by atoms with E-state index in [0.29, 0.717) is 0 Å². The molecule has 0 aromatic heterocycles. The standard InChI is InChI=1S/C16H19N3O4S2.ClH/c17-24(20,21)13-5-3-6-14(10-13)25(22,23)19-11-16-15-7-2-1-4-12(15)8-9-18-16;/h1-7,10,16,18-19H,8-9,11H2,(H2,17,20,21);1H. The normalized spacial score (nSPS) is 17.2. The third-order valence-electron chi connectivity index (χ3n) is 4.14. The van der Waals surface area contributed by atoms with E-state index in [2.05, 4.69) is 10.0 Å². The van der Waals surface area contributed by atoms with Crippen LogP contribution in [0.2, 0.25) is 0 Å². The van der Waals surface area contributed by atoms with Gasteiger partial charge in [0.25, 0.3) is 0 Å². The van der Waals surface area contributed by atoms with Crippen LogP contribution < -0.4 is 15.2 Å². The topological polar surface area (TPSA) is 118 Å². The minimum atomic E-state index is -3.97. The van der Waals surface area contributed by atoms with Crippen LogP contribution in [0.25, 0.3) is 0 Å². The molecule has 0 saturated carbocycles. The van der Waals surface area contributed by atoms with E-state index in [1.165, 1.54) is 23.8 Å². The smallest absolute Gasteiger partial charge is 0.240 e. The lowest BCUT2D eigenvalue weighted by molar-refractivity contribution is 0.491. The lowest BCUT2D eigenvalue weighted by Gasteiger charge is -2.27. The quantitative estimate of drug-likeness (QED) is 0.668. The van der Waals surface area contributed by atoms with Gasteiger partial charge in [0.05, 0.1) is 9.79 Å². The Morgan fingerprint density at radius 3 is 2.46 bits per heavy atom. The van der Waals surface area contributed by atoms with Gasteiger partial charge in [0.1, 0.15) is 0 Å². The number of primary sulfonamides is 1. The molecule has 4 N–H and O–H groups in total. The van der Waals surface area contributed by atoms with Crippen molar-refractivity contribution in [3.63, 3.8) is 0 Å². The molecule has 0 radical (unpaired) electrons. The molecule has 2 aromatic carbocycles. The first-order chi connectivity index (χ1) is 11.8. The Bertz CT molecular complexity index is 994. The summed E-state index contributed by atoms with van der Waals surface area (Å²) in [5.41, 5.74) is 2.26. The van der Waals surface area contributed by atoms with Gasteiger partial charge in [0.15, 0.2) is 0 Å². The van der Waals surface area contributed by atoms with Crippen molar-refractivity contribution in [2.75, 3.05) is 13.1 Å². The molecule has 0 bridgehead atoms. The molecular weight excluding hydrogens is 398 g/mol. The fourth-order valence-corrected chi connectivity index (χ4v) is 4.60. The lowest BCUT2D eigenvalue weighted by atomic mass is 9.95. The zero-order chi connectivity index (χ0) is 18.1. The van der Waals surface area contributed by atoms with E-state index < -0.39 is 20.0 Å². The van der Waals surface area contributed by atoms with Crippen LogP contribution in [0.4, 0.5) is 0 Å². The maximum atomic E-state index is 12.5. The van der Waals surface area contributed by atoms with Crippen LogP contribution in [-0.2, 0) is 26.5 Å². The van der Waals surface area contributed by atoms with E-state index in [4.69, 9.17) is 5.14 Å². The highest BCUT2D eigenvalue weighted by Crippen LogP contribution is 2.22. The number of halogens is 1. The fraction of sp³-hybridized carbons (Fsp3) is 0.250. The van der Waals surface area contributed by atoms with Gasteiger partial charge in [-0.05, 0) is 42.3 Å². The number of hydrogen-bond acceptors (Lipinski definition) is 5. The number of hydrogen-bond donors (Lipinski definition) is 3. The number of fused-ring (bicyclic) bond motifs is 1. The SMILES string of the molecule is Cl.NS(=O)(=O)c1cccc(S(=O)(=O)NCC2NCCc3ccccc32)c1. The molecule has 1 aliphatic rings. The number of nitrogens with one attached hydrogen (secondary N) is 2. The Kier molecular flexibility index (Phi) is 6.43. The monoisotopic (exact) mass is 417 g/mol. The second-order valence-corrected chi connectivity index (χ2v) is 9.16. The zero-order valence-electron chi connectivity index (χ0n) is 13.8. The number of benzene rings is 2. The van der Waals surface area contributed by atoms with Gasteiger partial charge in [-0.3, -0.25) is 0 Å². The molecule has 142 valence electrons.